The van der Waals surface area contributed by atoms with Gasteiger partial charge in [0.25, 0.3) is 0 Å². The van der Waals surface area contributed by atoms with Gasteiger partial charge in [0, 0.05) is 18.3 Å². The van der Waals surface area contributed by atoms with Gasteiger partial charge in [-0.05, 0) is 50.7 Å². The lowest BCUT2D eigenvalue weighted by atomic mass is 9.91. The molecule has 0 amide bonds. The van der Waals surface area contributed by atoms with E-state index in [1.54, 1.807) is 0 Å². The molecule has 19 heavy (non-hydrogen) atoms. The highest BCUT2D eigenvalue weighted by molar-refractivity contribution is 5.99. The molecule has 1 aromatic rings. The molecule has 2 heterocycles. The second-order valence-corrected chi connectivity index (χ2v) is 5.83. The standard InChI is InChI=1S/C15H22N4/c1-10-7-8-12(14(16)17)15(18-10)19-9-3-5-11-4-2-6-13(11)19/h7-8,11,13H,2-6,9H2,1H3,(H3,16,17). The van der Waals surface area contributed by atoms with E-state index < -0.39 is 0 Å². The van der Waals surface area contributed by atoms with E-state index >= 15 is 0 Å². The third-order valence-corrected chi connectivity index (χ3v) is 4.57. The number of amidine groups is 1. The Balaban J connectivity index is 2.00. The first kappa shape index (κ1) is 12.5. The van der Waals surface area contributed by atoms with Crippen LogP contribution in [0.5, 0.6) is 0 Å². The van der Waals surface area contributed by atoms with E-state index in [9.17, 15) is 0 Å². The maximum absolute atomic E-state index is 7.77. The molecule has 1 saturated heterocycles. The molecule has 2 unspecified atom stereocenters. The first-order chi connectivity index (χ1) is 9.16. The van der Waals surface area contributed by atoms with Gasteiger partial charge in [0.2, 0.25) is 0 Å². The van der Waals surface area contributed by atoms with Crippen LogP contribution in [0.3, 0.4) is 0 Å². The second-order valence-electron chi connectivity index (χ2n) is 5.83. The van der Waals surface area contributed by atoms with Crippen molar-refractivity contribution in [2.75, 3.05) is 11.4 Å². The van der Waals surface area contributed by atoms with Crippen molar-refractivity contribution in [1.29, 1.82) is 5.41 Å². The van der Waals surface area contributed by atoms with Crippen molar-refractivity contribution in [2.24, 2.45) is 11.7 Å². The highest BCUT2D eigenvalue weighted by Crippen LogP contribution is 2.39. The predicted molar refractivity (Wildman–Crippen MR) is 77.7 cm³/mol. The summed E-state index contributed by atoms with van der Waals surface area (Å²) in [6, 6.07) is 4.50. The molecule has 0 bridgehead atoms. The third-order valence-electron chi connectivity index (χ3n) is 4.57. The van der Waals surface area contributed by atoms with Crippen LogP contribution in [0, 0.1) is 18.3 Å². The Morgan fingerprint density at radius 3 is 2.89 bits per heavy atom. The van der Waals surface area contributed by atoms with Crippen molar-refractivity contribution in [3.8, 4) is 0 Å². The van der Waals surface area contributed by atoms with Crippen molar-refractivity contribution in [2.45, 2.75) is 45.1 Å². The number of rotatable bonds is 2. The van der Waals surface area contributed by atoms with Gasteiger partial charge in [0.15, 0.2) is 0 Å². The highest BCUT2D eigenvalue weighted by Gasteiger charge is 2.36. The molecule has 4 heteroatoms. The quantitative estimate of drug-likeness (QED) is 0.632. The van der Waals surface area contributed by atoms with Gasteiger partial charge in [-0.1, -0.05) is 6.42 Å². The van der Waals surface area contributed by atoms with E-state index in [4.69, 9.17) is 11.1 Å². The number of nitrogens with zero attached hydrogens (tertiary/aromatic N) is 2. The number of piperidine rings is 1. The maximum Gasteiger partial charge on any atom is 0.140 e. The Kier molecular flexibility index (Phi) is 3.17. The molecular weight excluding hydrogens is 236 g/mol. The van der Waals surface area contributed by atoms with Gasteiger partial charge in [0.05, 0.1) is 5.56 Å². The minimum Gasteiger partial charge on any atom is -0.384 e. The molecule has 1 aliphatic carbocycles. The van der Waals surface area contributed by atoms with Gasteiger partial charge in [-0.15, -0.1) is 0 Å². The van der Waals surface area contributed by atoms with Crippen LogP contribution in [-0.4, -0.2) is 23.4 Å². The van der Waals surface area contributed by atoms with Crippen molar-refractivity contribution in [3.63, 3.8) is 0 Å². The van der Waals surface area contributed by atoms with Crippen molar-refractivity contribution in [3.05, 3.63) is 23.4 Å². The normalized spacial score (nSPS) is 26.3. The zero-order valence-corrected chi connectivity index (χ0v) is 11.5. The summed E-state index contributed by atoms with van der Waals surface area (Å²) in [5.74, 6) is 1.88. The lowest BCUT2D eigenvalue weighted by Crippen LogP contribution is -2.44. The molecule has 2 fully saturated rings. The maximum atomic E-state index is 7.77. The van der Waals surface area contributed by atoms with Crippen LogP contribution >= 0.6 is 0 Å². The Labute approximate surface area is 114 Å². The van der Waals surface area contributed by atoms with Crippen LogP contribution in [0.4, 0.5) is 5.82 Å². The molecule has 0 spiro atoms. The van der Waals surface area contributed by atoms with E-state index in [-0.39, 0.29) is 5.84 Å². The van der Waals surface area contributed by atoms with Gasteiger partial charge in [0.1, 0.15) is 11.7 Å². The van der Waals surface area contributed by atoms with E-state index in [2.05, 4.69) is 9.88 Å². The molecule has 1 aliphatic heterocycles. The molecule has 1 saturated carbocycles. The molecule has 3 N–H and O–H groups in total. The topological polar surface area (TPSA) is 66.0 Å². The second kappa shape index (κ2) is 4.83. The summed E-state index contributed by atoms with van der Waals surface area (Å²) in [4.78, 5) is 7.11. The van der Waals surface area contributed by atoms with Gasteiger partial charge in [-0.25, -0.2) is 4.98 Å². The van der Waals surface area contributed by atoms with Crippen LogP contribution in [-0.2, 0) is 0 Å². The monoisotopic (exact) mass is 258 g/mol. The number of hydrogen-bond donors (Lipinski definition) is 2. The number of nitrogens with one attached hydrogen (secondary N) is 1. The van der Waals surface area contributed by atoms with Crippen molar-refractivity contribution < 1.29 is 0 Å². The lowest BCUT2D eigenvalue weighted by molar-refractivity contribution is 0.360. The lowest BCUT2D eigenvalue weighted by Gasteiger charge is -2.39. The van der Waals surface area contributed by atoms with Gasteiger partial charge < -0.3 is 10.6 Å². The number of nitrogens with two attached hydrogens (primary N) is 1. The molecule has 0 aromatic carbocycles. The first-order valence-electron chi connectivity index (χ1n) is 7.25. The minimum atomic E-state index is 0.127. The molecular formula is C15H22N4. The SMILES string of the molecule is Cc1ccc(C(=N)N)c(N2CCCC3CCCC32)n1. The number of fused-ring (bicyclic) bond motifs is 1. The number of anilines is 1. The summed E-state index contributed by atoms with van der Waals surface area (Å²) in [5, 5.41) is 7.77. The van der Waals surface area contributed by atoms with E-state index in [1.807, 2.05) is 19.1 Å². The van der Waals surface area contributed by atoms with E-state index in [0.29, 0.717) is 6.04 Å². The molecule has 2 atom stereocenters. The first-order valence-corrected chi connectivity index (χ1v) is 7.25. The summed E-state index contributed by atoms with van der Waals surface area (Å²) in [5.41, 5.74) is 7.52. The Morgan fingerprint density at radius 2 is 2.11 bits per heavy atom. The third kappa shape index (κ3) is 2.20. The zero-order valence-electron chi connectivity index (χ0n) is 11.5. The number of aryl methyl sites for hydroxylation is 1. The van der Waals surface area contributed by atoms with Crippen LogP contribution in [0.25, 0.3) is 0 Å². The van der Waals surface area contributed by atoms with E-state index in [0.717, 1.165) is 29.5 Å². The Hall–Kier alpha value is -1.58. The molecule has 4 nitrogen and oxygen atoms in total. The average Bonchev–Trinajstić information content (AvgIpc) is 2.86. The van der Waals surface area contributed by atoms with Gasteiger partial charge in [-0.3, -0.25) is 5.41 Å². The number of hydrogen-bond acceptors (Lipinski definition) is 3. The van der Waals surface area contributed by atoms with Crippen LogP contribution in [0.15, 0.2) is 12.1 Å². The predicted octanol–water partition coefficient (Wildman–Crippen LogP) is 2.44. The fraction of sp³-hybridized carbons (Fsp3) is 0.600. The summed E-state index contributed by atoms with van der Waals surface area (Å²) in [6.07, 6.45) is 6.52. The fourth-order valence-electron chi connectivity index (χ4n) is 3.69. The molecule has 1 aromatic heterocycles. The van der Waals surface area contributed by atoms with Gasteiger partial charge >= 0.3 is 0 Å². The molecule has 0 radical (unpaired) electrons. The Bertz CT molecular complexity index is 497. The zero-order chi connectivity index (χ0) is 13.4. The van der Waals surface area contributed by atoms with E-state index in [1.165, 1.54) is 32.1 Å². The molecule has 3 rings (SSSR count). The largest absolute Gasteiger partial charge is 0.384 e. The highest BCUT2D eigenvalue weighted by atomic mass is 15.2. The summed E-state index contributed by atoms with van der Waals surface area (Å²) >= 11 is 0. The number of nitrogen functional groups attached to an aromatic ring is 1. The Morgan fingerprint density at radius 1 is 1.32 bits per heavy atom. The number of aromatic nitrogens is 1. The molecule has 2 aliphatic rings. The van der Waals surface area contributed by atoms with Crippen LogP contribution in [0.1, 0.15) is 43.4 Å². The summed E-state index contributed by atoms with van der Waals surface area (Å²) in [7, 11) is 0. The average molecular weight is 258 g/mol. The molecule has 102 valence electrons. The number of pyridine rings is 1. The van der Waals surface area contributed by atoms with Crippen LogP contribution < -0.4 is 10.6 Å². The van der Waals surface area contributed by atoms with Gasteiger partial charge in [-0.2, -0.15) is 0 Å². The summed E-state index contributed by atoms with van der Waals surface area (Å²) < 4.78 is 0. The van der Waals surface area contributed by atoms with Crippen molar-refractivity contribution in [1.82, 2.24) is 4.98 Å². The summed E-state index contributed by atoms with van der Waals surface area (Å²) in [6.45, 7) is 3.06. The minimum absolute atomic E-state index is 0.127. The van der Waals surface area contributed by atoms with Crippen LogP contribution in [0.2, 0.25) is 0 Å². The smallest absolute Gasteiger partial charge is 0.140 e. The van der Waals surface area contributed by atoms with Crippen molar-refractivity contribution >= 4 is 11.7 Å². The fourth-order valence-corrected chi connectivity index (χ4v) is 3.69.